The smallest absolute Gasteiger partial charge is 0.407 e. The lowest BCUT2D eigenvalue weighted by Crippen LogP contribution is -2.34. The van der Waals surface area contributed by atoms with Gasteiger partial charge in [-0.3, -0.25) is 9.63 Å². The summed E-state index contributed by atoms with van der Waals surface area (Å²) >= 11 is 0. The average Bonchev–Trinajstić information content (AvgIpc) is 3.39. The summed E-state index contributed by atoms with van der Waals surface area (Å²) in [5, 5.41) is 11.2. The maximum absolute atomic E-state index is 12.3. The number of benzene rings is 2. The fourth-order valence-electron chi connectivity index (χ4n) is 4.13. The van der Waals surface area contributed by atoms with Crippen LogP contribution >= 0.6 is 0 Å². The van der Waals surface area contributed by atoms with Gasteiger partial charge in [-0.05, 0) is 28.7 Å². The van der Waals surface area contributed by atoms with E-state index >= 15 is 0 Å². The van der Waals surface area contributed by atoms with Crippen molar-refractivity contribution in [1.29, 1.82) is 0 Å². The molecule has 1 aliphatic heterocycles. The molecule has 2 amide bonds. The minimum Gasteiger partial charge on any atom is -0.479 e. The topological polar surface area (TPSA) is 123 Å². The highest BCUT2D eigenvalue weighted by Gasteiger charge is 2.32. The van der Waals surface area contributed by atoms with E-state index in [1.54, 1.807) is 0 Å². The van der Waals surface area contributed by atoms with E-state index in [9.17, 15) is 14.4 Å². The summed E-state index contributed by atoms with van der Waals surface area (Å²) in [6.45, 7) is -0.0286. The molecular formula is C23H24N2O7. The first-order chi connectivity index (χ1) is 15.5. The van der Waals surface area contributed by atoms with Gasteiger partial charge in [0.05, 0.1) is 18.6 Å². The van der Waals surface area contributed by atoms with Crippen LogP contribution in [0.1, 0.15) is 23.5 Å². The van der Waals surface area contributed by atoms with Crippen molar-refractivity contribution in [3.63, 3.8) is 0 Å². The number of fused-ring (bicyclic) bond motifs is 3. The summed E-state index contributed by atoms with van der Waals surface area (Å²) in [7, 11) is 0. The quantitative estimate of drug-likeness (QED) is 0.537. The Bertz CT molecular complexity index is 964. The molecule has 4 rings (SSSR count). The third-order valence-corrected chi connectivity index (χ3v) is 5.64. The van der Waals surface area contributed by atoms with E-state index in [0.29, 0.717) is 6.42 Å². The van der Waals surface area contributed by atoms with Crippen molar-refractivity contribution in [3.05, 3.63) is 59.7 Å². The molecule has 0 unspecified atom stereocenters. The number of nitrogens with one attached hydrogen (secondary N) is 2. The summed E-state index contributed by atoms with van der Waals surface area (Å²) in [5.41, 5.74) is 6.69. The van der Waals surface area contributed by atoms with E-state index in [-0.39, 0.29) is 31.8 Å². The molecule has 0 radical (unpaired) electrons. The van der Waals surface area contributed by atoms with Crippen LogP contribution in [0.25, 0.3) is 11.1 Å². The molecule has 1 fully saturated rings. The molecule has 2 atom stereocenters. The van der Waals surface area contributed by atoms with Crippen molar-refractivity contribution >= 4 is 18.0 Å². The van der Waals surface area contributed by atoms with Crippen molar-refractivity contribution in [3.8, 4) is 11.1 Å². The number of carbonyl (C=O) groups excluding carboxylic acids is 2. The second-order valence-electron chi connectivity index (χ2n) is 7.74. The molecule has 1 aliphatic carbocycles. The Kier molecular flexibility index (Phi) is 6.67. The molecule has 0 spiro atoms. The van der Waals surface area contributed by atoms with Gasteiger partial charge in [0.15, 0.2) is 6.61 Å². The first kappa shape index (κ1) is 21.8. The third kappa shape index (κ3) is 4.90. The second-order valence-corrected chi connectivity index (χ2v) is 7.74. The summed E-state index contributed by atoms with van der Waals surface area (Å²) < 4.78 is 11.0. The predicted molar refractivity (Wildman–Crippen MR) is 113 cm³/mol. The number of hydrogen-bond donors (Lipinski definition) is 3. The number of amides is 2. The molecule has 9 heteroatoms. The van der Waals surface area contributed by atoms with E-state index in [0.717, 1.165) is 22.3 Å². The number of hydrogen-bond acceptors (Lipinski definition) is 6. The Hall–Kier alpha value is -3.43. The minimum absolute atomic E-state index is 0.0187. The fraction of sp³-hybridized carbons (Fsp3) is 0.348. The predicted octanol–water partition coefficient (Wildman–Crippen LogP) is 2.06. The number of carboxylic acids is 1. The van der Waals surface area contributed by atoms with Gasteiger partial charge in [0.2, 0.25) is 5.91 Å². The minimum atomic E-state index is -1.18. The highest BCUT2D eigenvalue weighted by Crippen LogP contribution is 2.44. The van der Waals surface area contributed by atoms with Crippen LogP contribution in [0.3, 0.4) is 0 Å². The van der Waals surface area contributed by atoms with E-state index in [1.165, 1.54) is 0 Å². The molecule has 9 nitrogen and oxygen atoms in total. The second kappa shape index (κ2) is 9.80. The molecule has 2 aromatic carbocycles. The van der Waals surface area contributed by atoms with Gasteiger partial charge >= 0.3 is 12.1 Å². The Morgan fingerprint density at radius 3 is 2.34 bits per heavy atom. The van der Waals surface area contributed by atoms with E-state index in [4.69, 9.17) is 14.6 Å². The Balaban J connectivity index is 1.23. The number of rotatable bonds is 8. The zero-order valence-electron chi connectivity index (χ0n) is 17.3. The highest BCUT2D eigenvalue weighted by atomic mass is 16.7. The molecule has 3 N–H and O–H groups in total. The Labute approximate surface area is 184 Å². The van der Waals surface area contributed by atoms with Gasteiger partial charge in [0, 0.05) is 12.5 Å². The molecule has 1 saturated heterocycles. The van der Waals surface area contributed by atoms with Crippen LogP contribution in [0.4, 0.5) is 4.79 Å². The molecule has 168 valence electrons. The number of alkyl carbamates (subject to hydrolysis) is 1. The first-order valence-electron chi connectivity index (χ1n) is 10.4. The van der Waals surface area contributed by atoms with Crippen molar-refractivity contribution in [2.24, 2.45) is 5.92 Å². The number of carboxylic acid groups (broad SMARTS) is 1. The van der Waals surface area contributed by atoms with Crippen molar-refractivity contribution in [2.75, 3.05) is 26.4 Å². The van der Waals surface area contributed by atoms with Crippen LogP contribution in [0, 0.1) is 5.92 Å². The lowest BCUT2D eigenvalue weighted by Gasteiger charge is -2.15. The lowest BCUT2D eigenvalue weighted by atomic mass is 9.98. The largest absolute Gasteiger partial charge is 0.479 e. The molecule has 32 heavy (non-hydrogen) atoms. The molecule has 1 heterocycles. The van der Waals surface area contributed by atoms with Crippen LogP contribution < -0.4 is 10.8 Å². The Morgan fingerprint density at radius 1 is 1.03 bits per heavy atom. The molecule has 0 aromatic heterocycles. The molecule has 0 bridgehead atoms. The maximum atomic E-state index is 12.3. The van der Waals surface area contributed by atoms with Gasteiger partial charge in [-0.25, -0.2) is 15.1 Å². The van der Waals surface area contributed by atoms with Gasteiger partial charge in [-0.1, -0.05) is 48.5 Å². The van der Waals surface area contributed by atoms with Gasteiger partial charge in [-0.2, -0.15) is 0 Å². The maximum Gasteiger partial charge on any atom is 0.407 e. The SMILES string of the molecule is O=C(O)CONC(=O)[C@@H]1CO[C@H](CNC(=O)OCC2c3ccccc3-c3ccccc32)C1. The first-order valence-corrected chi connectivity index (χ1v) is 10.4. The van der Waals surface area contributed by atoms with Crippen LogP contribution in [-0.4, -0.2) is 55.5 Å². The van der Waals surface area contributed by atoms with Crippen LogP contribution in [0.5, 0.6) is 0 Å². The van der Waals surface area contributed by atoms with Gasteiger partial charge < -0.3 is 19.9 Å². The fourth-order valence-corrected chi connectivity index (χ4v) is 4.13. The standard InChI is InChI=1S/C23H24N2O7/c26-21(27)13-32-25-22(28)14-9-15(30-11-14)10-24-23(29)31-12-20-18-7-3-1-5-16(18)17-6-2-4-8-19(17)20/h1-8,14-15,20H,9-13H2,(H,24,29)(H,25,28)(H,26,27)/t14-,15-/m0/s1. The molecular weight excluding hydrogens is 416 g/mol. The molecule has 2 aromatic rings. The number of ether oxygens (including phenoxy) is 2. The van der Waals surface area contributed by atoms with E-state index in [1.807, 2.05) is 24.3 Å². The van der Waals surface area contributed by atoms with Gasteiger partial charge in [0.1, 0.15) is 6.61 Å². The Morgan fingerprint density at radius 2 is 1.69 bits per heavy atom. The normalized spacial score (nSPS) is 19.1. The average molecular weight is 440 g/mol. The van der Waals surface area contributed by atoms with Crippen molar-refractivity contribution < 1.29 is 33.8 Å². The zero-order valence-corrected chi connectivity index (χ0v) is 17.3. The lowest BCUT2D eigenvalue weighted by molar-refractivity contribution is -0.150. The highest BCUT2D eigenvalue weighted by molar-refractivity contribution is 5.79. The van der Waals surface area contributed by atoms with E-state index in [2.05, 4.69) is 39.9 Å². The number of aliphatic carboxylic acids is 1. The molecule has 2 aliphatic rings. The zero-order chi connectivity index (χ0) is 22.5. The number of hydroxylamine groups is 1. The summed E-state index contributed by atoms with van der Waals surface area (Å²) in [4.78, 5) is 39.2. The molecule has 0 saturated carbocycles. The van der Waals surface area contributed by atoms with Crippen LogP contribution in [-0.2, 0) is 23.9 Å². The van der Waals surface area contributed by atoms with Crippen molar-refractivity contribution in [2.45, 2.75) is 18.4 Å². The van der Waals surface area contributed by atoms with E-state index < -0.39 is 30.5 Å². The van der Waals surface area contributed by atoms with Crippen molar-refractivity contribution in [1.82, 2.24) is 10.8 Å². The summed E-state index contributed by atoms with van der Waals surface area (Å²) in [6.07, 6.45) is -0.509. The van der Waals surface area contributed by atoms with Crippen LogP contribution in [0.2, 0.25) is 0 Å². The van der Waals surface area contributed by atoms with Gasteiger partial charge in [0.25, 0.3) is 0 Å². The van der Waals surface area contributed by atoms with Gasteiger partial charge in [-0.15, -0.1) is 0 Å². The monoisotopic (exact) mass is 440 g/mol. The summed E-state index contributed by atoms with van der Waals surface area (Å²) in [6, 6.07) is 16.2. The van der Waals surface area contributed by atoms with Crippen LogP contribution in [0.15, 0.2) is 48.5 Å². The third-order valence-electron chi connectivity index (χ3n) is 5.64. The summed E-state index contributed by atoms with van der Waals surface area (Å²) in [5.74, 6) is -2.12. The number of carbonyl (C=O) groups is 3.